The summed E-state index contributed by atoms with van der Waals surface area (Å²) in [5.74, 6) is 0.405. The zero-order chi connectivity index (χ0) is 23.0. The lowest BCUT2D eigenvalue weighted by Gasteiger charge is -2.33. The van der Waals surface area contributed by atoms with E-state index >= 15 is 0 Å². The van der Waals surface area contributed by atoms with Crippen molar-refractivity contribution in [1.29, 1.82) is 0 Å². The second-order valence-corrected chi connectivity index (χ2v) is 9.80. The number of nitrogens with zero attached hydrogens (tertiary/aromatic N) is 1. The molecule has 0 aliphatic rings. The predicted octanol–water partition coefficient (Wildman–Crippen LogP) is 8.15. The number of carbonyl (C=O) groups excluding carboxylic acids is 1. The molecule has 0 unspecified atom stereocenters. The van der Waals surface area contributed by atoms with Crippen LogP contribution in [0.5, 0.6) is 0 Å². The van der Waals surface area contributed by atoms with Crippen molar-refractivity contribution in [3.05, 3.63) is 0 Å². The van der Waals surface area contributed by atoms with E-state index in [4.69, 9.17) is 5.73 Å². The lowest BCUT2D eigenvalue weighted by Crippen LogP contribution is -2.54. The molecular formula is C28H59N2O+. The van der Waals surface area contributed by atoms with Crippen molar-refractivity contribution in [2.45, 2.75) is 149 Å². The molecule has 0 aromatic carbocycles. The molecule has 0 aliphatic carbocycles. The van der Waals surface area contributed by atoms with Gasteiger partial charge in [-0.25, -0.2) is 4.79 Å². The second-order valence-electron chi connectivity index (χ2n) is 9.80. The molecule has 0 aliphatic heterocycles. The molecule has 31 heavy (non-hydrogen) atoms. The molecular weight excluding hydrogens is 380 g/mol. The van der Waals surface area contributed by atoms with Crippen LogP contribution in [0.2, 0.25) is 0 Å². The van der Waals surface area contributed by atoms with E-state index in [2.05, 4.69) is 20.8 Å². The Bertz CT molecular complexity index is 379. The van der Waals surface area contributed by atoms with Crippen LogP contribution in [0.4, 0.5) is 0 Å². The van der Waals surface area contributed by atoms with Crippen LogP contribution in [-0.2, 0) is 4.79 Å². The Morgan fingerprint density at radius 3 is 1.16 bits per heavy atom. The average molecular weight is 440 g/mol. The monoisotopic (exact) mass is 439 g/mol. The van der Waals surface area contributed by atoms with E-state index in [0.29, 0.717) is 16.9 Å². The number of carbonyl (C=O) groups is 1. The van der Waals surface area contributed by atoms with E-state index in [9.17, 15) is 4.79 Å². The summed E-state index contributed by atoms with van der Waals surface area (Å²) in [5.41, 5.74) is 5.74. The molecule has 0 fully saturated rings. The molecule has 0 rings (SSSR count). The second kappa shape index (κ2) is 22.8. The van der Waals surface area contributed by atoms with Crippen LogP contribution in [0.25, 0.3) is 0 Å². The first-order valence-electron chi connectivity index (χ1n) is 14.3. The van der Waals surface area contributed by atoms with Crippen molar-refractivity contribution in [3.63, 3.8) is 0 Å². The minimum atomic E-state index is 0.405. The number of rotatable bonds is 24. The zero-order valence-electron chi connectivity index (χ0n) is 21.9. The van der Waals surface area contributed by atoms with Gasteiger partial charge in [0.25, 0.3) is 0 Å². The van der Waals surface area contributed by atoms with E-state index in [1.165, 1.54) is 116 Å². The van der Waals surface area contributed by atoms with E-state index in [1.807, 2.05) is 0 Å². The highest BCUT2D eigenvalue weighted by atomic mass is 16.2. The number of quaternary nitrogens is 1. The molecule has 0 saturated carbocycles. The molecule has 3 nitrogen and oxygen atoms in total. The fourth-order valence-electron chi connectivity index (χ4n) is 4.86. The lowest BCUT2D eigenvalue weighted by molar-refractivity contribution is -0.849. The van der Waals surface area contributed by atoms with Crippen molar-refractivity contribution in [2.24, 2.45) is 5.73 Å². The van der Waals surface area contributed by atoms with Gasteiger partial charge >= 0.3 is 5.91 Å². The Balaban J connectivity index is 3.36. The van der Waals surface area contributed by atoms with Gasteiger partial charge in [-0.2, -0.15) is 0 Å². The quantitative estimate of drug-likeness (QED) is 0.122. The van der Waals surface area contributed by atoms with Crippen LogP contribution in [0.15, 0.2) is 0 Å². The van der Waals surface area contributed by atoms with Gasteiger partial charge in [0.2, 0.25) is 0 Å². The Hall–Kier alpha value is -0.410. The third kappa shape index (κ3) is 16.8. The molecule has 0 bridgehead atoms. The summed E-state index contributed by atoms with van der Waals surface area (Å²) in [5, 5.41) is 0. The first-order chi connectivity index (χ1) is 15.2. The fourth-order valence-corrected chi connectivity index (χ4v) is 4.86. The van der Waals surface area contributed by atoms with E-state index < -0.39 is 0 Å². The number of amides is 1. The SMILES string of the molecule is CCCCCCCCCCCCCCCCCCCCCC(=O)[N+](CC)(CC)CCN. The number of likely N-dealkylation sites (N-methyl/N-ethyl adjacent to an activating group) is 1. The van der Waals surface area contributed by atoms with Crippen molar-refractivity contribution >= 4 is 5.91 Å². The molecule has 0 heterocycles. The highest BCUT2D eigenvalue weighted by molar-refractivity contribution is 5.69. The normalized spacial score (nSPS) is 11.9. The largest absolute Gasteiger partial charge is 0.326 e. The summed E-state index contributed by atoms with van der Waals surface area (Å²) < 4.78 is 0.579. The average Bonchev–Trinajstić information content (AvgIpc) is 2.79. The van der Waals surface area contributed by atoms with Crippen LogP contribution >= 0.6 is 0 Å². The van der Waals surface area contributed by atoms with Crippen LogP contribution in [0.1, 0.15) is 149 Å². The van der Waals surface area contributed by atoms with Crippen molar-refractivity contribution in [1.82, 2.24) is 0 Å². The summed E-state index contributed by atoms with van der Waals surface area (Å²) in [7, 11) is 0. The molecule has 186 valence electrons. The predicted molar refractivity (Wildman–Crippen MR) is 138 cm³/mol. The van der Waals surface area contributed by atoms with Crippen molar-refractivity contribution in [2.75, 3.05) is 26.2 Å². The Labute approximate surface area is 196 Å². The topological polar surface area (TPSA) is 43.1 Å². The van der Waals surface area contributed by atoms with Gasteiger partial charge in [0, 0.05) is 6.54 Å². The first-order valence-corrected chi connectivity index (χ1v) is 14.3. The number of hydrogen-bond acceptors (Lipinski definition) is 2. The Morgan fingerprint density at radius 1 is 0.548 bits per heavy atom. The molecule has 3 heteroatoms. The van der Waals surface area contributed by atoms with Gasteiger partial charge in [-0.05, 0) is 20.3 Å². The molecule has 0 spiro atoms. The molecule has 0 aromatic heterocycles. The maximum atomic E-state index is 12.6. The van der Waals surface area contributed by atoms with Gasteiger partial charge in [0.1, 0.15) is 0 Å². The molecule has 0 atom stereocenters. The summed E-state index contributed by atoms with van der Waals surface area (Å²) in [6, 6.07) is 0. The van der Waals surface area contributed by atoms with Crippen molar-refractivity contribution in [3.8, 4) is 0 Å². The molecule has 0 aromatic rings. The van der Waals surface area contributed by atoms with Gasteiger partial charge in [0.05, 0.1) is 26.1 Å². The summed E-state index contributed by atoms with van der Waals surface area (Å²) in [6.07, 6.45) is 27.1. The fraction of sp³-hybridized carbons (Fsp3) is 0.964. The maximum absolute atomic E-state index is 12.6. The molecule has 0 saturated heterocycles. The third-order valence-electron chi connectivity index (χ3n) is 7.29. The number of nitrogens with two attached hydrogens (primary N) is 1. The molecule has 1 amide bonds. The number of unbranched alkanes of at least 4 members (excludes halogenated alkanes) is 18. The van der Waals surface area contributed by atoms with E-state index in [0.717, 1.165) is 32.5 Å². The minimum absolute atomic E-state index is 0.405. The minimum Gasteiger partial charge on any atom is -0.326 e. The van der Waals surface area contributed by atoms with Crippen LogP contribution in [-0.4, -0.2) is 36.6 Å². The standard InChI is InChI=1S/C28H59N2O/c1-4-7-8-9-10-11-12-13-14-15-16-17-18-19-20-21-22-23-24-25-28(31)30(5-2,6-3)27-26-29/h4-27,29H2,1-3H3/q+1. The highest BCUT2D eigenvalue weighted by Crippen LogP contribution is 2.16. The Kier molecular flexibility index (Phi) is 22.5. The molecule has 2 N–H and O–H groups in total. The smallest absolute Gasteiger partial charge is 0.313 e. The number of hydrogen-bond donors (Lipinski definition) is 1. The van der Waals surface area contributed by atoms with Gasteiger partial charge in [0.15, 0.2) is 0 Å². The third-order valence-corrected chi connectivity index (χ3v) is 7.29. The first kappa shape index (κ1) is 30.6. The Morgan fingerprint density at radius 2 is 0.871 bits per heavy atom. The summed E-state index contributed by atoms with van der Waals surface area (Å²) in [4.78, 5) is 12.6. The van der Waals surface area contributed by atoms with Gasteiger partial charge in [-0.3, -0.25) is 4.48 Å². The summed E-state index contributed by atoms with van der Waals surface area (Å²) in [6.45, 7) is 9.69. The van der Waals surface area contributed by atoms with E-state index in [1.54, 1.807) is 0 Å². The van der Waals surface area contributed by atoms with E-state index in [-0.39, 0.29) is 0 Å². The molecule has 0 radical (unpaired) electrons. The van der Waals surface area contributed by atoms with Crippen LogP contribution < -0.4 is 5.73 Å². The van der Waals surface area contributed by atoms with Gasteiger partial charge < -0.3 is 5.73 Å². The van der Waals surface area contributed by atoms with Crippen LogP contribution in [0.3, 0.4) is 0 Å². The zero-order valence-corrected chi connectivity index (χ0v) is 21.9. The lowest BCUT2D eigenvalue weighted by atomic mass is 10.0. The van der Waals surface area contributed by atoms with Gasteiger partial charge in [-0.1, -0.05) is 122 Å². The highest BCUT2D eigenvalue weighted by Gasteiger charge is 2.31. The maximum Gasteiger partial charge on any atom is 0.313 e. The van der Waals surface area contributed by atoms with Crippen LogP contribution in [0, 0.1) is 0 Å². The van der Waals surface area contributed by atoms with Crippen molar-refractivity contribution < 1.29 is 9.28 Å². The summed E-state index contributed by atoms with van der Waals surface area (Å²) >= 11 is 0. The van der Waals surface area contributed by atoms with Gasteiger partial charge in [-0.15, -0.1) is 0 Å².